The third-order valence-corrected chi connectivity index (χ3v) is 6.96. The molecule has 2 aliphatic carbocycles. The fourth-order valence-corrected chi connectivity index (χ4v) is 5.34. The van der Waals surface area contributed by atoms with Gasteiger partial charge in [0.15, 0.2) is 0 Å². The van der Waals surface area contributed by atoms with Gasteiger partial charge in [-0.3, -0.25) is 9.78 Å². The lowest BCUT2D eigenvalue weighted by atomic mass is 9.98. The number of halogens is 1. The van der Waals surface area contributed by atoms with Crippen molar-refractivity contribution < 1.29 is 4.79 Å². The minimum atomic E-state index is 0.0714. The molecule has 4 atom stereocenters. The van der Waals surface area contributed by atoms with Crippen molar-refractivity contribution in [2.75, 3.05) is 11.1 Å². The second-order valence-corrected chi connectivity index (χ2v) is 8.93. The van der Waals surface area contributed by atoms with Crippen molar-refractivity contribution in [3.63, 3.8) is 0 Å². The first-order valence-corrected chi connectivity index (χ1v) is 10.4. The quantitative estimate of drug-likeness (QED) is 0.595. The second kappa shape index (κ2) is 6.70. The first-order valence-electron chi connectivity index (χ1n) is 10.0. The lowest BCUT2D eigenvalue weighted by Crippen LogP contribution is -2.18. The number of hydrogen-bond donors (Lipinski definition) is 2. The number of fused-ring (bicyclic) bond motifs is 2. The molecule has 2 heterocycles. The molecule has 2 aromatic heterocycles. The number of rotatable bonds is 3. The third-order valence-electron chi connectivity index (χ3n) is 6.55. The van der Waals surface area contributed by atoms with Crippen molar-refractivity contribution in [2.45, 2.75) is 26.7 Å². The van der Waals surface area contributed by atoms with Crippen molar-refractivity contribution in [3.05, 3.63) is 47.4 Å². The van der Waals surface area contributed by atoms with Gasteiger partial charge in [0, 0.05) is 52.1 Å². The summed E-state index contributed by atoms with van der Waals surface area (Å²) in [4.78, 5) is 21.3. The number of aryl methyl sites for hydroxylation is 1. The average Bonchev–Trinajstić information content (AvgIpc) is 3.22. The fraction of sp³-hybridized carbons (Fsp3) is 0.348. The summed E-state index contributed by atoms with van der Waals surface area (Å²) in [6.45, 7) is 4.28. The molecule has 0 radical (unpaired) electrons. The number of nitrogens with zero attached hydrogens (tertiary/aromatic N) is 2. The molecule has 148 valence electrons. The van der Waals surface area contributed by atoms with Crippen LogP contribution in [0.15, 0.2) is 36.8 Å². The van der Waals surface area contributed by atoms with Crippen LogP contribution in [0.2, 0.25) is 5.02 Å². The minimum absolute atomic E-state index is 0.0714. The van der Waals surface area contributed by atoms with Gasteiger partial charge in [-0.25, -0.2) is 4.98 Å². The number of nitrogens with two attached hydrogens (primary N) is 1. The zero-order valence-corrected chi connectivity index (χ0v) is 17.2. The van der Waals surface area contributed by atoms with E-state index in [1.54, 1.807) is 18.6 Å². The normalized spacial score (nSPS) is 25.1. The van der Waals surface area contributed by atoms with Gasteiger partial charge in [-0.2, -0.15) is 0 Å². The fourth-order valence-electron chi connectivity index (χ4n) is 5.03. The van der Waals surface area contributed by atoms with Crippen LogP contribution < -0.4 is 11.1 Å². The number of benzene rings is 1. The molecule has 1 aromatic carbocycles. The van der Waals surface area contributed by atoms with E-state index in [9.17, 15) is 4.79 Å². The number of nitrogens with one attached hydrogen (secondary N) is 1. The molecule has 6 heteroatoms. The molecule has 2 saturated carbocycles. The van der Waals surface area contributed by atoms with Gasteiger partial charge < -0.3 is 11.1 Å². The standard InChI is InChI=1S/C23H23ClN4O/c1-11-5-13-14(6-11)21(13)23(29)28-20-8-16-18(10-27-20)19(25)7-15(22(16)24)17-9-26-4-3-12(17)2/h3-4,7-11,13-14,21H,5-6,25H2,1-2H3,(H,27,28,29)/t11?,13-,14+,21+. The topological polar surface area (TPSA) is 80.9 Å². The zero-order valence-electron chi connectivity index (χ0n) is 16.4. The van der Waals surface area contributed by atoms with E-state index in [1.807, 2.05) is 25.1 Å². The van der Waals surface area contributed by atoms with Gasteiger partial charge in [0.25, 0.3) is 0 Å². The highest BCUT2D eigenvalue weighted by Crippen LogP contribution is 2.59. The second-order valence-electron chi connectivity index (χ2n) is 8.55. The van der Waals surface area contributed by atoms with Crippen molar-refractivity contribution in [1.82, 2.24) is 9.97 Å². The Hall–Kier alpha value is -2.66. The molecule has 0 aliphatic heterocycles. The highest BCUT2D eigenvalue weighted by atomic mass is 35.5. The number of carbonyl (C=O) groups is 1. The largest absolute Gasteiger partial charge is 0.398 e. The number of nitrogen functional groups attached to an aromatic ring is 1. The van der Waals surface area contributed by atoms with Crippen molar-refractivity contribution in [2.24, 2.45) is 23.7 Å². The number of amides is 1. The Bertz CT molecular complexity index is 1130. The number of pyridine rings is 2. The maximum atomic E-state index is 12.7. The van der Waals surface area contributed by atoms with Crippen LogP contribution in [0.5, 0.6) is 0 Å². The Labute approximate surface area is 174 Å². The highest BCUT2D eigenvalue weighted by molar-refractivity contribution is 6.39. The van der Waals surface area contributed by atoms with Crippen LogP contribution in [0, 0.1) is 30.6 Å². The summed E-state index contributed by atoms with van der Waals surface area (Å²) in [7, 11) is 0. The first-order chi connectivity index (χ1) is 13.9. The number of aromatic nitrogens is 2. The van der Waals surface area contributed by atoms with Gasteiger partial charge in [-0.05, 0) is 61.3 Å². The van der Waals surface area contributed by atoms with E-state index in [0.717, 1.165) is 46.2 Å². The zero-order chi connectivity index (χ0) is 20.3. The van der Waals surface area contributed by atoms with Gasteiger partial charge in [0.05, 0.1) is 5.02 Å². The lowest BCUT2D eigenvalue weighted by Gasteiger charge is -2.14. The van der Waals surface area contributed by atoms with Gasteiger partial charge in [-0.1, -0.05) is 18.5 Å². The summed E-state index contributed by atoms with van der Waals surface area (Å²) >= 11 is 6.77. The number of hydrogen-bond acceptors (Lipinski definition) is 4. The van der Waals surface area contributed by atoms with Crippen molar-refractivity contribution in [1.29, 1.82) is 0 Å². The summed E-state index contributed by atoms with van der Waals surface area (Å²) < 4.78 is 0. The van der Waals surface area contributed by atoms with Crippen LogP contribution in [0.25, 0.3) is 21.9 Å². The molecule has 1 unspecified atom stereocenters. The lowest BCUT2D eigenvalue weighted by molar-refractivity contribution is -0.118. The molecule has 29 heavy (non-hydrogen) atoms. The molecule has 0 spiro atoms. The Kier molecular flexibility index (Phi) is 4.24. The average molecular weight is 407 g/mol. The summed E-state index contributed by atoms with van der Waals surface area (Å²) in [5, 5.41) is 5.13. The van der Waals surface area contributed by atoms with Gasteiger partial charge in [0.1, 0.15) is 5.82 Å². The summed E-state index contributed by atoms with van der Waals surface area (Å²) in [5.74, 6) is 2.55. The molecule has 0 saturated heterocycles. The third kappa shape index (κ3) is 3.04. The highest BCUT2D eigenvalue weighted by Gasteiger charge is 2.58. The Balaban J connectivity index is 1.49. The molecule has 3 aromatic rings. The predicted octanol–water partition coefficient (Wildman–Crippen LogP) is 5.07. The van der Waals surface area contributed by atoms with Crippen LogP contribution in [-0.4, -0.2) is 15.9 Å². The number of anilines is 2. The Morgan fingerprint density at radius 2 is 1.93 bits per heavy atom. The maximum absolute atomic E-state index is 12.7. The summed E-state index contributed by atoms with van der Waals surface area (Å²) in [5.41, 5.74) is 9.72. The molecule has 5 rings (SSSR count). The van der Waals surface area contributed by atoms with E-state index in [-0.39, 0.29) is 11.8 Å². The van der Waals surface area contributed by atoms with E-state index >= 15 is 0 Å². The van der Waals surface area contributed by atoms with E-state index < -0.39 is 0 Å². The van der Waals surface area contributed by atoms with E-state index in [2.05, 4.69) is 22.2 Å². The van der Waals surface area contributed by atoms with Gasteiger partial charge >= 0.3 is 0 Å². The molecule has 2 fully saturated rings. The van der Waals surface area contributed by atoms with Crippen LogP contribution in [0.3, 0.4) is 0 Å². The van der Waals surface area contributed by atoms with E-state index in [4.69, 9.17) is 17.3 Å². The van der Waals surface area contributed by atoms with Crippen molar-refractivity contribution >= 4 is 39.8 Å². The van der Waals surface area contributed by atoms with Crippen LogP contribution in [0.4, 0.5) is 11.5 Å². The molecule has 1 amide bonds. The molecule has 2 aliphatic rings. The van der Waals surface area contributed by atoms with Crippen LogP contribution in [0.1, 0.15) is 25.3 Å². The maximum Gasteiger partial charge on any atom is 0.229 e. The van der Waals surface area contributed by atoms with E-state index in [1.165, 1.54) is 0 Å². The first kappa shape index (κ1) is 18.4. The summed E-state index contributed by atoms with van der Waals surface area (Å²) in [6.07, 6.45) is 7.54. The Morgan fingerprint density at radius 3 is 2.66 bits per heavy atom. The predicted molar refractivity (Wildman–Crippen MR) is 117 cm³/mol. The molecule has 3 N–H and O–H groups in total. The summed E-state index contributed by atoms with van der Waals surface area (Å²) in [6, 6.07) is 5.63. The Morgan fingerprint density at radius 1 is 1.17 bits per heavy atom. The molecular formula is C23H23ClN4O. The minimum Gasteiger partial charge on any atom is -0.398 e. The van der Waals surface area contributed by atoms with Crippen molar-refractivity contribution in [3.8, 4) is 11.1 Å². The molecule has 0 bridgehead atoms. The molecular weight excluding hydrogens is 384 g/mol. The molecule has 5 nitrogen and oxygen atoms in total. The van der Waals surface area contributed by atoms with Gasteiger partial charge in [-0.15, -0.1) is 0 Å². The SMILES string of the molecule is Cc1ccncc1-c1cc(N)c2cnc(NC(=O)[C@H]3[C@@H]4CC(C)C[C@@H]43)cc2c1Cl. The number of carbonyl (C=O) groups excluding carboxylic acids is 1. The van der Waals surface area contributed by atoms with Gasteiger partial charge in [0.2, 0.25) is 5.91 Å². The van der Waals surface area contributed by atoms with Crippen LogP contribution >= 0.6 is 11.6 Å². The van der Waals surface area contributed by atoms with Crippen LogP contribution in [-0.2, 0) is 4.79 Å². The van der Waals surface area contributed by atoms with E-state index in [0.29, 0.717) is 28.4 Å². The smallest absolute Gasteiger partial charge is 0.229 e. The monoisotopic (exact) mass is 406 g/mol.